The highest BCUT2D eigenvalue weighted by Crippen LogP contribution is 2.15. The predicted octanol–water partition coefficient (Wildman–Crippen LogP) is 2.51. The lowest BCUT2D eigenvalue weighted by Crippen LogP contribution is -2.27. The molecule has 6 heteroatoms. The van der Waals surface area contributed by atoms with Crippen molar-refractivity contribution in [3.8, 4) is 6.07 Å². The lowest BCUT2D eigenvalue weighted by Gasteiger charge is -2.11. The second-order valence-corrected chi connectivity index (χ2v) is 5.52. The SMILES string of the molecule is C[C@H](C#N)OC(=O)c1nn(Cc2ccccc2)c(=O)c2ccccc12. The number of carbonyl (C=O) groups excluding carboxylic acids is 1. The molecule has 1 atom stereocenters. The van der Waals surface area contributed by atoms with Gasteiger partial charge in [-0.1, -0.05) is 48.5 Å². The number of rotatable bonds is 4. The summed E-state index contributed by atoms with van der Waals surface area (Å²) in [6, 6.07) is 17.9. The van der Waals surface area contributed by atoms with E-state index in [1.165, 1.54) is 11.6 Å². The summed E-state index contributed by atoms with van der Waals surface area (Å²) in [5.41, 5.74) is 0.620. The number of benzene rings is 2. The minimum atomic E-state index is -0.900. The molecule has 0 spiro atoms. The maximum atomic E-state index is 12.7. The van der Waals surface area contributed by atoms with Crippen LogP contribution in [0.3, 0.4) is 0 Å². The first kappa shape index (κ1) is 16.4. The van der Waals surface area contributed by atoms with Crippen LogP contribution in [0.25, 0.3) is 10.8 Å². The highest BCUT2D eigenvalue weighted by atomic mass is 16.5. The third kappa shape index (κ3) is 3.40. The first-order chi connectivity index (χ1) is 12.1. The van der Waals surface area contributed by atoms with Gasteiger partial charge in [0.05, 0.1) is 11.9 Å². The molecule has 0 N–H and O–H groups in total. The van der Waals surface area contributed by atoms with Gasteiger partial charge in [-0.15, -0.1) is 0 Å². The number of nitriles is 1. The molecule has 1 heterocycles. The Hall–Kier alpha value is -3.46. The van der Waals surface area contributed by atoms with Crippen molar-refractivity contribution in [3.63, 3.8) is 0 Å². The molecule has 0 fully saturated rings. The molecule has 0 saturated carbocycles. The molecular weight excluding hydrogens is 318 g/mol. The topological polar surface area (TPSA) is 85.0 Å². The average Bonchev–Trinajstić information content (AvgIpc) is 2.64. The van der Waals surface area contributed by atoms with Crippen molar-refractivity contribution < 1.29 is 9.53 Å². The van der Waals surface area contributed by atoms with E-state index < -0.39 is 12.1 Å². The number of aromatic nitrogens is 2. The number of hydrogen-bond acceptors (Lipinski definition) is 5. The summed E-state index contributed by atoms with van der Waals surface area (Å²) >= 11 is 0. The van der Waals surface area contributed by atoms with Crippen LogP contribution in [0.4, 0.5) is 0 Å². The van der Waals surface area contributed by atoms with Gasteiger partial charge in [-0.25, -0.2) is 9.48 Å². The molecule has 0 saturated heterocycles. The third-order valence-corrected chi connectivity index (χ3v) is 3.70. The molecule has 0 amide bonds. The van der Waals surface area contributed by atoms with E-state index >= 15 is 0 Å². The molecule has 3 aromatic rings. The summed E-state index contributed by atoms with van der Waals surface area (Å²) in [5, 5.41) is 13.8. The number of nitrogens with zero attached hydrogens (tertiary/aromatic N) is 3. The fourth-order valence-electron chi connectivity index (χ4n) is 2.49. The van der Waals surface area contributed by atoms with Crippen LogP contribution in [0.5, 0.6) is 0 Å². The Balaban J connectivity index is 2.13. The quantitative estimate of drug-likeness (QED) is 0.685. The van der Waals surface area contributed by atoms with Gasteiger partial charge in [0.15, 0.2) is 11.8 Å². The van der Waals surface area contributed by atoms with E-state index in [0.717, 1.165) is 5.56 Å². The summed E-state index contributed by atoms with van der Waals surface area (Å²) in [5.74, 6) is -0.730. The molecule has 0 radical (unpaired) electrons. The van der Waals surface area contributed by atoms with E-state index in [9.17, 15) is 9.59 Å². The first-order valence-electron chi connectivity index (χ1n) is 7.74. The zero-order valence-electron chi connectivity index (χ0n) is 13.5. The summed E-state index contributed by atoms with van der Waals surface area (Å²) in [4.78, 5) is 25.1. The van der Waals surface area contributed by atoms with Gasteiger partial charge in [-0.05, 0) is 18.6 Å². The molecule has 0 aliphatic rings. The Bertz CT molecular complexity index is 1020. The van der Waals surface area contributed by atoms with E-state index in [0.29, 0.717) is 10.8 Å². The molecule has 124 valence electrons. The highest BCUT2D eigenvalue weighted by molar-refractivity contribution is 6.02. The van der Waals surface area contributed by atoms with Crippen LogP contribution < -0.4 is 5.56 Å². The van der Waals surface area contributed by atoms with Gasteiger partial charge < -0.3 is 4.74 Å². The number of carbonyl (C=O) groups is 1. The Labute approximate surface area is 143 Å². The van der Waals surface area contributed by atoms with Crippen molar-refractivity contribution in [1.82, 2.24) is 9.78 Å². The van der Waals surface area contributed by atoms with Crippen LogP contribution in [0.2, 0.25) is 0 Å². The lowest BCUT2D eigenvalue weighted by atomic mass is 10.1. The van der Waals surface area contributed by atoms with Crippen molar-refractivity contribution in [2.45, 2.75) is 19.6 Å². The molecule has 1 aromatic heterocycles. The number of fused-ring (bicyclic) bond motifs is 1. The number of esters is 1. The Kier molecular flexibility index (Phi) is 4.57. The monoisotopic (exact) mass is 333 g/mol. The van der Waals surface area contributed by atoms with Crippen LogP contribution in [0.1, 0.15) is 23.0 Å². The fourth-order valence-corrected chi connectivity index (χ4v) is 2.49. The third-order valence-electron chi connectivity index (χ3n) is 3.70. The van der Waals surface area contributed by atoms with E-state index in [2.05, 4.69) is 5.10 Å². The molecule has 25 heavy (non-hydrogen) atoms. The van der Waals surface area contributed by atoms with Crippen LogP contribution in [-0.2, 0) is 11.3 Å². The second kappa shape index (κ2) is 6.97. The van der Waals surface area contributed by atoms with Crippen LogP contribution in [-0.4, -0.2) is 21.9 Å². The minimum Gasteiger partial charge on any atom is -0.442 e. The molecule has 0 aliphatic heterocycles. The predicted molar refractivity (Wildman–Crippen MR) is 92.0 cm³/mol. The van der Waals surface area contributed by atoms with Gasteiger partial charge >= 0.3 is 5.97 Å². The van der Waals surface area contributed by atoms with Crippen molar-refractivity contribution >= 4 is 16.7 Å². The fraction of sp³-hybridized carbons (Fsp3) is 0.158. The van der Waals surface area contributed by atoms with Gasteiger partial charge in [0.2, 0.25) is 0 Å². The van der Waals surface area contributed by atoms with Crippen LogP contribution in [0.15, 0.2) is 59.4 Å². The second-order valence-electron chi connectivity index (χ2n) is 5.52. The molecule has 0 unspecified atom stereocenters. The zero-order valence-corrected chi connectivity index (χ0v) is 13.5. The first-order valence-corrected chi connectivity index (χ1v) is 7.74. The van der Waals surface area contributed by atoms with Crippen molar-refractivity contribution in [2.75, 3.05) is 0 Å². The number of ether oxygens (including phenoxy) is 1. The molecule has 2 aromatic carbocycles. The van der Waals surface area contributed by atoms with Gasteiger partial charge in [-0.2, -0.15) is 10.4 Å². The van der Waals surface area contributed by atoms with E-state index in [1.54, 1.807) is 24.3 Å². The van der Waals surface area contributed by atoms with Crippen molar-refractivity contribution in [2.24, 2.45) is 0 Å². The Morgan fingerprint density at radius 1 is 1.16 bits per heavy atom. The Morgan fingerprint density at radius 2 is 1.80 bits per heavy atom. The van der Waals surface area contributed by atoms with Gasteiger partial charge in [-0.3, -0.25) is 4.79 Å². The molecule has 0 aliphatic carbocycles. The van der Waals surface area contributed by atoms with E-state index in [1.807, 2.05) is 36.4 Å². The van der Waals surface area contributed by atoms with Crippen molar-refractivity contribution in [1.29, 1.82) is 5.26 Å². The Morgan fingerprint density at radius 3 is 2.48 bits per heavy atom. The van der Waals surface area contributed by atoms with Gasteiger partial charge in [0.1, 0.15) is 6.07 Å². The molecule has 6 nitrogen and oxygen atoms in total. The molecular formula is C19H15N3O3. The summed E-state index contributed by atoms with van der Waals surface area (Å²) in [6.45, 7) is 1.71. The highest BCUT2D eigenvalue weighted by Gasteiger charge is 2.19. The molecule has 0 bridgehead atoms. The van der Waals surface area contributed by atoms with E-state index in [-0.39, 0.29) is 17.8 Å². The van der Waals surface area contributed by atoms with Gasteiger partial charge in [0.25, 0.3) is 5.56 Å². The van der Waals surface area contributed by atoms with Crippen LogP contribution >= 0.6 is 0 Å². The maximum Gasteiger partial charge on any atom is 0.360 e. The average molecular weight is 333 g/mol. The molecule has 3 rings (SSSR count). The summed E-state index contributed by atoms with van der Waals surface area (Å²) in [7, 11) is 0. The van der Waals surface area contributed by atoms with E-state index in [4.69, 9.17) is 10.00 Å². The normalized spacial score (nSPS) is 11.7. The largest absolute Gasteiger partial charge is 0.442 e. The van der Waals surface area contributed by atoms with Crippen LogP contribution in [0, 0.1) is 11.3 Å². The smallest absolute Gasteiger partial charge is 0.360 e. The lowest BCUT2D eigenvalue weighted by molar-refractivity contribution is 0.0428. The zero-order chi connectivity index (χ0) is 17.8. The minimum absolute atomic E-state index is 0.0215. The number of hydrogen-bond donors (Lipinski definition) is 0. The standard InChI is InChI=1S/C19H15N3O3/c1-13(11-20)25-19(24)17-15-9-5-6-10-16(15)18(23)22(21-17)12-14-7-3-2-4-8-14/h2-10,13H,12H2,1H3/t13-/m1/s1. The summed E-state index contributed by atoms with van der Waals surface area (Å²) in [6.07, 6.45) is -0.900. The maximum absolute atomic E-state index is 12.7. The van der Waals surface area contributed by atoms with Gasteiger partial charge in [0, 0.05) is 5.39 Å². The van der Waals surface area contributed by atoms with Crippen molar-refractivity contribution in [3.05, 3.63) is 76.2 Å². The summed E-state index contributed by atoms with van der Waals surface area (Å²) < 4.78 is 6.30.